The highest BCUT2D eigenvalue weighted by Gasteiger charge is 2.34. The smallest absolute Gasteiger partial charge is 0.326 e. The fourth-order valence-corrected chi connectivity index (χ4v) is 3.83. The van der Waals surface area contributed by atoms with E-state index in [4.69, 9.17) is 11.5 Å². The van der Waals surface area contributed by atoms with E-state index in [2.05, 4.69) is 16.2 Å². The lowest BCUT2D eigenvalue weighted by Crippen LogP contribution is -2.40. The highest BCUT2D eigenvalue weighted by atomic mass is 16.4. The van der Waals surface area contributed by atoms with Crippen molar-refractivity contribution in [2.24, 2.45) is 0 Å². The van der Waals surface area contributed by atoms with E-state index < -0.39 is 18.0 Å². The van der Waals surface area contributed by atoms with Gasteiger partial charge < -0.3 is 25.0 Å². The number of hydrogen-bond donors (Lipinski definition) is 3. The fraction of sp³-hybridized carbons (Fsp3) is 0.409. The van der Waals surface area contributed by atoms with Crippen LogP contribution in [-0.4, -0.2) is 67.5 Å². The van der Waals surface area contributed by atoms with Gasteiger partial charge in [0.1, 0.15) is 11.9 Å². The van der Waals surface area contributed by atoms with Gasteiger partial charge in [-0.15, -0.1) is 6.42 Å². The molecule has 0 spiro atoms. The zero-order valence-corrected chi connectivity index (χ0v) is 17.4. The summed E-state index contributed by atoms with van der Waals surface area (Å²) < 4.78 is 1.81. The first-order valence-electron chi connectivity index (χ1n) is 10.3. The molecule has 1 saturated heterocycles. The third-order valence-corrected chi connectivity index (χ3v) is 5.36. The fourth-order valence-electron chi connectivity index (χ4n) is 3.83. The number of nitrogens with zero attached hydrogens (tertiary/aromatic N) is 3. The molecule has 1 aliphatic heterocycles. The summed E-state index contributed by atoms with van der Waals surface area (Å²) in [5.41, 5.74) is 1.62. The number of carboxylic acids is 2. The van der Waals surface area contributed by atoms with Gasteiger partial charge in [0.15, 0.2) is 0 Å². The first-order valence-corrected chi connectivity index (χ1v) is 10.3. The molecule has 1 unspecified atom stereocenters. The Labute approximate surface area is 184 Å². The predicted molar refractivity (Wildman–Crippen MR) is 114 cm³/mol. The van der Waals surface area contributed by atoms with Gasteiger partial charge in [-0.25, -0.2) is 9.78 Å². The minimum Gasteiger partial charge on any atom is -0.481 e. The molecule has 1 aromatic heterocycles. The molecule has 2 amide bonds. The van der Waals surface area contributed by atoms with E-state index in [1.54, 1.807) is 18.2 Å². The first-order chi connectivity index (χ1) is 15.3. The SMILES string of the molecule is C#CCn1c(CCNC(=O)CCC(=O)O)nc2cc(C(=O)N3CCCC3C(=O)O)ccc21. The molecule has 10 nitrogen and oxygen atoms in total. The van der Waals surface area contributed by atoms with Crippen LogP contribution in [0.1, 0.15) is 41.9 Å². The van der Waals surface area contributed by atoms with Crippen molar-refractivity contribution in [2.75, 3.05) is 13.1 Å². The third kappa shape index (κ3) is 5.06. The van der Waals surface area contributed by atoms with Crippen LogP contribution in [0.4, 0.5) is 0 Å². The molecule has 1 fully saturated rings. The highest BCUT2D eigenvalue weighted by molar-refractivity contribution is 5.99. The molecule has 2 aromatic rings. The van der Waals surface area contributed by atoms with Gasteiger partial charge in [-0.05, 0) is 31.0 Å². The van der Waals surface area contributed by atoms with Gasteiger partial charge in [0.2, 0.25) is 5.91 Å². The number of carbonyl (C=O) groups is 4. The van der Waals surface area contributed by atoms with Crippen LogP contribution in [0.3, 0.4) is 0 Å². The van der Waals surface area contributed by atoms with Gasteiger partial charge in [-0.3, -0.25) is 14.4 Å². The van der Waals surface area contributed by atoms with Crippen molar-refractivity contribution in [1.82, 2.24) is 19.8 Å². The number of benzene rings is 1. The van der Waals surface area contributed by atoms with Crippen molar-refractivity contribution in [3.05, 3.63) is 29.6 Å². The number of carboxylic acid groups (broad SMARTS) is 2. The number of imidazole rings is 1. The van der Waals surface area contributed by atoms with E-state index in [9.17, 15) is 24.3 Å². The Bertz CT molecular complexity index is 1100. The van der Waals surface area contributed by atoms with E-state index in [1.165, 1.54) is 4.90 Å². The summed E-state index contributed by atoms with van der Waals surface area (Å²) in [7, 11) is 0. The van der Waals surface area contributed by atoms with Crippen LogP contribution in [0.2, 0.25) is 0 Å². The van der Waals surface area contributed by atoms with Gasteiger partial charge in [-0.2, -0.15) is 0 Å². The quantitative estimate of drug-likeness (QED) is 0.492. The zero-order valence-electron chi connectivity index (χ0n) is 17.4. The largest absolute Gasteiger partial charge is 0.481 e. The van der Waals surface area contributed by atoms with E-state index in [0.29, 0.717) is 42.7 Å². The monoisotopic (exact) mass is 440 g/mol. The molecular formula is C22H24N4O6. The van der Waals surface area contributed by atoms with Crippen LogP contribution in [0.15, 0.2) is 18.2 Å². The van der Waals surface area contributed by atoms with E-state index in [1.807, 2.05) is 4.57 Å². The Morgan fingerprint density at radius 3 is 2.69 bits per heavy atom. The maximum atomic E-state index is 12.9. The van der Waals surface area contributed by atoms with Crippen molar-refractivity contribution in [3.63, 3.8) is 0 Å². The molecule has 10 heteroatoms. The van der Waals surface area contributed by atoms with E-state index in [-0.39, 0.29) is 37.7 Å². The molecule has 2 heterocycles. The Morgan fingerprint density at radius 2 is 2.00 bits per heavy atom. The zero-order chi connectivity index (χ0) is 23.3. The number of aromatic nitrogens is 2. The van der Waals surface area contributed by atoms with Crippen molar-refractivity contribution in [1.29, 1.82) is 0 Å². The second kappa shape index (κ2) is 9.96. The molecule has 3 rings (SSSR count). The number of terminal acetylenes is 1. The average molecular weight is 440 g/mol. The first kappa shape index (κ1) is 22.8. The highest BCUT2D eigenvalue weighted by Crippen LogP contribution is 2.23. The van der Waals surface area contributed by atoms with Crippen molar-refractivity contribution >= 4 is 34.8 Å². The van der Waals surface area contributed by atoms with Gasteiger partial charge in [0.25, 0.3) is 5.91 Å². The number of aliphatic carboxylic acids is 2. The van der Waals surface area contributed by atoms with Crippen molar-refractivity contribution in [3.8, 4) is 12.3 Å². The number of carbonyl (C=O) groups excluding carboxylic acids is 2. The number of likely N-dealkylation sites (tertiary alicyclic amines) is 1. The molecule has 168 valence electrons. The minimum atomic E-state index is -1.04. The maximum absolute atomic E-state index is 12.9. The molecule has 0 radical (unpaired) electrons. The third-order valence-electron chi connectivity index (χ3n) is 5.36. The lowest BCUT2D eigenvalue weighted by Gasteiger charge is -2.21. The summed E-state index contributed by atoms with van der Waals surface area (Å²) in [5.74, 6) is 0.419. The molecule has 0 saturated carbocycles. The molecule has 1 atom stereocenters. The molecule has 0 bridgehead atoms. The van der Waals surface area contributed by atoms with Gasteiger partial charge in [-0.1, -0.05) is 5.92 Å². The van der Waals surface area contributed by atoms with E-state index in [0.717, 1.165) is 5.52 Å². The van der Waals surface area contributed by atoms with Gasteiger partial charge in [0.05, 0.1) is 24.0 Å². The predicted octanol–water partition coefficient (Wildman–Crippen LogP) is 0.882. The Morgan fingerprint density at radius 1 is 1.22 bits per heavy atom. The summed E-state index contributed by atoms with van der Waals surface area (Å²) in [4.78, 5) is 52.5. The van der Waals surface area contributed by atoms with Gasteiger partial charge >= 0.3 is 11.9 Å². The molecule has 1 aromatic carbocycles. The van der Waals surface area contributed by atoms with Crippen LogP contribution in [0.25, 0.3) is 11.0 Å². The molecule has 3 N–H and O–H groups in total. The Balaban J connectivity index is 1.77. The Hall–Kier alpha value is -3.87. The standard InChI is InChI=1S/C22H24N4O6/c1-2-11-25-16-6-5-14(21(30)26-12-3-4-17(26)22(31)32)13-15(16)24-18(25)9-10-23-19(27)7-8-20(28)29/h1,5-6,13,17H,3-4,7-12H2,(H,23,27)(H,28,29)(H,31,32). The van der Waals surface area contributed by atoms with Crippen molar-refractivity contribution in [2.45, 2.75) is 44.7 Å². The average Bonchev–Trinajstić information content (AvgIpc) is 3.37. The second-order valence-corrected chi connectivity index (χ2v) is 7.51. The Kier molecular flexibility index (Phi) is 7.10. The van der Waals surface area contributed by atoms with Crippen LogP contribution in [0, 0.1) is 12.3 Å². The normalized spacial score (nSPS) is 15.5. The van der Waals surface area contributed by atoms with E-state index >= 15 is 0 Å². The van der Waals surface area contributed by atoms with Crippen LogP contribution in [-0.2, 0) is 27.3 Å². The number of rotatable bonds is 9. The van der Waals surface area contributed by atoms with Crippen LogP contribution >= 0.6 is 0 Å². The van der Waals surface area contributed by atoms with Crippen LogP contribution < -0.4 is 5.32 Å². The summed E-state index contributed by atoms with van der Waals surface area (Å²) in [6.07, 6.45) is 6.59. The lowest BCUT2D eigenvalue weighted by molar-refractivity contribution is -0.141. The lowest BCUT2D eigenvalue weighted by atomic mass is 10.1. The molecule has 32 heavy (non-hydrogen) atoms. The summed E-state index contributed by atoms with van der Waals surface area (Å²) in [6.45, 7) is 0.900. The molecule has 1 aliphatic rings. The summed E-state index contributed by atoms with van der Waals surface area (Å²) >= 11 is 0. The minimum absolute atomic E-state index is 0.102. The van der Waals surface area contributed by atoms with Gasteiger partial charge in [0, 0.05) is 31.5 Å². The topological polar surface area (TPSA) is 142 Å². The number of fused-ring (bicyclic) bond motifs is 1. The number of nitrogens with one attached hydrogen (secondary N) is 1. The number of hydrogen-bond acceptors (Lipinski definition) is 5. The number of amides is 2. The molecular weight excluding hydrogens is 416 g/mol. The van der Waals surface area contributed by atoms with Crippen molar-refractivity contribution < 1.29 is 29.4 Å². The summed E-state index contributed by atoms with van der Waals surface area (Å²) in [5, 5.41) is 20.6. The molecule has 0 aliphatic carbocycles. The maximum Gasteiger partial charge on any atom is 0.326 e. The summed E-state index contributed by atoms with van der Waals surface area (Å²) in [6, 6.07) is 4.16. The second-order valence-electron chi connectivity index (χ2n) is 7.51. The van der Waals surface area contributed by atoms with Crippen LogP contribution in [0.5, 0.6) is 0 Å².